The Morgan fingerprint density at radius 3 is 2.53 bits per heavy atom. The van der Waals surface area contributed by atoms with E-state index in [0.29, 0.717) is 17.9 Å². The molecule has 2 N–H and O–H groups in total. The van der Waals surface area contributed by atoms with Crippen molar-refractivity contribution in [2.45, 2.75) is 19.0 Å². The first kappa shape index (κ1) is 24.4. The number of hydrazine groups is 1. The minimum Gasteiger partial charge on any atom is -0.287 e. The number of tetrazole rings is 1. The molecule has 0 unspecified atom stereocenters. The number of rotatable bonds is 8. The van der Waals surface area contributed by atoms with Crippen LogP contribution in [0.4, 0.5) is 11.4 Å². The van der Waals surface area contributed by atoms with Crippen LogP contribution in [0.25, 0.3) is 11.4 Å². The molecule has 3 amide bonds. The smallest absolute Gasteiger partial charge is 0.271 e. The molecule has 0 spiro atoms. The molecule has 3 aromatic carbocycles. The van der Waals surface area contributed by atoms with E-state index in [1.54, 1.807) is 24.3 Å². The molecule has 1 saturated heterocycles. The molecule has 0 aliphatic carbocycles. The summed E-state index contributed by atoms with van der Waals surface area (Å²) in [5.41, 5.74) is 6.91. The first-order chi connectivity index (χ1) is 18.4. The topological polar surface area (TPSA) is 165 Å². The average Bonchev–Trinajstić information content (AvgIpc) is 3.51. The highest BCUT2D eigenvalue weighted by Gasteiger charge is 2.40. The van der Waals surface area contributed by atoms with Crippen molar-refractivity contribution in [1.82, 2.24) is 31.1 Å². The number of aromatic nitrogens is 4. The lowest BCUT2D eigenvalue weighted by atomic mass is 10.1. The molecule has 13 nitrogen and oxygen atoms in total. The van der Waals surface area contributed by atoms with Crippen LogP contribution in [0.2, 0.25) is 0 Å². The Morgan fingerprint density at radius 2 is 1.79 bits per heavy atom. The number of benzene rings is 3. The molecule has 2 heterocycles. The standard InChI is InChI=1S/C25H20N8O5/c34-22-14-21(25(36)32(22)19-7-4-8-20(13-19)33(37)38)26-28-24(35)18-11-9-16(10-12-18)15-31-29-23(27-30-31)17-5-2-1-3-6-17/h1-13,21,26H,14-15H2,(H,28,35)/t21-/m0/s1. The van der Waals surface area contributed by atoms with Gasteiger partial charge in [0.25, 0.3) is 17.5 Å². The molecule has 5 rings (SSSR count). The van der Waals surface area contributed by atoms with Gasteiger partial charge in [0.2, 0.25) is 11.7 Å². The van der Waals surface area contributed by atoms with Crippen LogP contribution in [-0.2, 0) is 16.1 Å². The summed E-state index contributed by atoms with van der Waals surface area (Å²) in [6, 6.07) is 20.4. The number of nitrogens with one attached hydrogen (secondary N) is 2. The molecular formula is C25H20N8O5. The zero-order valence-corrected chi connectivity index (χ0v) is 19.7. The molecule has 4 aromatic rings. The lowest BCUT2D eigenvalue weighted by Crippen LogP contribution is -2.48. The van der Waals surface area contributed by atoms with E-state index < -0.39 is 28.7 Å². The van der Waals surface area contributed by atoms with E-state index in [9.17, 15) is 24.5 Å². The quantitative estimate of drug-likeness (QED) is 0.204. The molecule has 1 fully saturated rings. The third kappa shape index (κ3) is 5.12. The van der Waals surface area contributed by atoms with Gasteiger partial charge in [0, 0.05) is 23.3 Å². The van der Waals surface area contributed by atoms with Gasteiger partial charge in [0.05, 0.1) is 23.6 Å². The highest BCUT2D eigenvalue weighted by molar-refractivity contribution is 6.22. The molecular weight excluding hydrogens is 492 g/mol. The summed E-state index contributed by atoms with van der Waals surface area (Å²) in [5, 5.41) is 23.5. The van der Waals surface area contributed by atoms with Crippen LogP contribution in [0.1, 0.15) is 22.3 Å². The van der Waals surface area contributed by atoms with Crippen LogP contribution in [0.15, 0.2) is 78.9 Å². The number of amides is 3. The van der Waals surface area contributed by atoms with Crippen LogP contribution < -0.4 is 15.8 Å². The van der Waals surface area contributed by atoms with Gasteiger partial charge in [-0.3, -0.25) is 29.9 Å². The van der Waals surface area contributed by atoms with Crippen molar-refractivity contribution in [3.63, 3.8) is 0 Å². The Balaban J connectivity index is 1.17. The number of imide groups is 1. The monoisotopic (exact) mass is 512 g/mol. The van der Waals surface area contributed by atoms with Gasteiger partial charge in [-0.15, -0.1) is 10.2 Å². The zero-order valence-electron chi connectivity index (χ0n) is 19.7. The Bertz CT molecular complexity index is 1520. The average molecular weight is 512 g/mol. The molecule has 38 heavy (non-hydrogen) atoms. The van der Waals surface area contributed by atoms with E-state index in [1.807, 2.05) is 30.3 Å². The highest BCUT2D eigenvalue weighted by Crippen LogP contribution is 2.26. The number of nitro groups is 1. The van der Waals surface area contributed by atoms with Gasteiger partial charge in [-0.05, 0) is 29.0 Å². The van der Waals surface area contributed by atoms with E-state index in [-0.39, 0.29) is 17.8 Å². The second-order valence-corrected chi connectivity index (χ2v) is 8.41. The first-order valence-corrected chi connectivity index (χ1v) is 11.5. The Kier molecular flexibility index (Phi) is 6.65. The van der Waals surface area contributed by atoms with Gasteiger partial charge in [-0.25, -0.2) is 10.3 Å². The summed E-state index contributed by atoms with van der Waals surface area (Å²) in [4.78, 5) is 50.5. The van der Waals surface area contributed by atoms with Crippen LogP contribution in [-0.4, -0.2) is 48.9 Å². The van der Waals surface area contributed by atoms with E-state index in [0.717, 1.165) is 22.1 Å². The number of nitrogens with zero attached hydrogens (tertiary/aromatic N) is 6. The van der Waals surface area contributed by atoms with E-state index in [1.165, 1.54) is 23.0 Å². The lowest BCUT2D eigenvalue weighted by molar-refractivity contribution is -0.384. The Morgan fingerprint density at radius 1 is 1.03 bits per heavy atom. The van der Waals surface area contributed by atoms with Crippen molar-refractivity contribution in [1.29, 1.82) is 0 Å². The Hall–Kier alpha value is -5.30. The van der Waals surface area contributed by atoms with Crippen molar-refractivity contribution in [2.24, 2.45) is 0 Å². The molecule has 1 aliphatic rings. The number of hydrogen-bond acceptors (Lipinski definition) is 9. The van der Waals surface area contributed by atoms with Crippen LogP contribution in [0.3, 0.4) is 0 Å². The van der Waals surface area contributed by atoms with Gasteiger partial charge < -0.3 is 0 Å². The summed E-state index contributed by atoms with van der Waals surface area (Å²) in [6.45, 7) is 0.353. The third-order valence-electron chi connectivity index (χ3n) is 5.83. The molecule has 13 heteroatoms. The summed E-state index contributed by atoms with van der Waals surface area (Å²) < 4.78 is 0. The maximum atomic E-state index is 12.8. The normalized spacial score (nSPS) is 15.1. The Labute approximate surface area is 215 Å². The van der Waals surface area contributed by atoms with E-state index in [4.69, 9.17) is 0 Å². The first-order valence-electron chi connectivity index (χ1n) is 11.5. The second kappa shape index (κ2) is 10.4. The number of non-ortho nitro benzene ring substituents is 1. The largest absolute Gasteiger partial charge is 0.287 e. The summed E-state index contributed by atoms with van der Waals surface area (Å²) >= 11 is 0. The highest BCUT2D eigenvalue weighted by atomic mass is 16.6. The zero-order chi connectivity index (χ0) is 26.6. The molecule has 1 aromatic heterocycles. The fourth-order valence-electron chi connectivity index (χ4n) is 3.92. The molecule has 1 atom stereocenters. The minimum absolute atomic E-state index is 0.0955. The second-order valence-electron chi connectivity index (χ2n) is 8.41. The fraction of sp³-hybridized carbons (Fsp3) is 0.120. The minimum atomic E-state index is -1.01. The van der Waals surface area contributed by atoms with Crippen LogP contribution in [0.5, 0.6) is 0 Å². The number of carbonyl (C=O) groups is 3. The maximum absolute atomic E-state index is 12.8. The molecule has 0 saturated carbocycles. The van der Waals surface area contributed by atoms with Gasteiger partial charge in [-0.2, -0.15) is 4.80 Å². The number of anilines is 1. The predicted molar refractivity (Wildman–Crippen MR) is 133 cm³/mol. The van der Waals surface area contributed by atoms with Crippen molar-refractivity contribution >= 4 is 29.1 Å². The molecule has 190 valence electrons. The van der Waals surface area contributed by atoms with Crippen LogP contribution in [0, 0.1) is 10.1 Å². The van der Waals surface area contributed by atoms with E-state index in [2.05, 4.69) is 26.3 Å². The van der Waals surface area contributed by atoms with Crippen molar-refractivity contribution < 1.29 is 19.3 Å². The third-order valence-corrected chi connectivity index (χ3v) is 5.83. The number of carbonyl (C=O) groups excluding carboxylic acids is 3. The van der Waals surface area contributed by atoms with Gasteiger partial charge in [0.15, 0.2) is 0 Å². The summed E-state index contributed by atoms with van der Waals surface area (Å²) in [6.07, 6.45) is -0.212. The number of hydrogen-bond donors (Lipinski definition) is 2. The van der Waals surface area contributed by atoms with Gasteiger partial charge in [-0.1, -0.05) is 48.5 Å². The molecule has 0 bridgehead atoms. The van der Waals surface area contributed by atoms with Gasteiger partial charge in [0.1, 0.15) is 6.04 Å². The SMILES string of the molecule is O=C(NN[C@H]1CC(=O)N(c2cccc([N+](=O)[O-])c2)C1=O)c1ccc(Cn2nnc(-c3ccccc3)n2)cc1. The van der Waals surface area contributed by atoms with E-state index >= 15 is 0 Å². The number of nitro benzene ring substituents is 1. The van der Waals surface area contributed by atoms with Crippen molar-refractivity contribution in [2.75, 3.05) is 4.90 Å². The fourth-order valence-corrected chi connectivity index (χ4v) is 3.92. The van der Waals surface area contributed by atoms with Crippen molar-refractivity contribution in [3.05, 3.63) is 100 Å². The van der Waals surface area contributed by atoms with Crippen LogP contribution >= 0.6 is 0 Å². The summed E-state index contributed by atoms with van der Waals surface area (Å²) in [5.74, 6) is -1.15. The lowest BCUT2D eigenvalue weighted by Gasteiger charge is -2.16. The maximum Gasteiger partial charge on any atom is 0.271 e. The van der Waals surface area contributed by atoms with Crippen molar-refractivity contribution in [3.8, 4) is 11.4 Å². The molecule has 1 aliphatic heterocycles. The summed E-state index contributed by atoms with van der Waals surface area (Å²) in [7, 11) is 0. The van der Waals surface area contributed by atoms with Gasteiger partial charge >= 0.3 is 0 Å². The molecule has 0 radical (unpaired) electrons. The predicted octanol–water partition coefficient (Wildman–Crippen LogP) is 1.86.